The van der Waals surface area contributed by atoms with E-state index in [4.69, 9.17) is 5.73 Å². The second kappa shape index (κ2) is 6.14. The van der Waals surface area contributed by atoms with Gasteiger partial charge in [-0.3, -0.25) is 9.48 Å². The summed E-state index contributed by atoms with van der Waals surface area (Å²) < 4.78 is 1.63. The third-order valence-corrected chi connectivity index (χ3v) is 3.97. The molecular formula is C13H23N5O. The quantitative estimate of drug-likeness (QED) is 0.822. The summed E-state index contributed by atoms with van der Waals surface area (Å²) in [5.41, 5.74) is 5.90. The first-order chi connectivity index (χ1) is 9.13. The average Bonchev–Trinajstić information content (AvgIpc) is 2.83. The number of amides is 1. The van der Waals surface area contributed by atoms with E-state index < -0.39 is 0 Å². The number of carbonyl (C=O) groups excluding carboxylic acids is 1. The van der Waals surface area contributed by atoms with Crippen LogP contribution in [0, 0.1) is 5.41 Å². The summed E-state index contributed by atoms with van der Waals surface area (Å²) >= 11 is 0. The molecule has 2 rings (SSSR count). The van der Waals surface area contributed by atoms with Crippen LogP contribution in [0.5, 0.6) is 0 Å². The average molecular weight is 265 g/mol. The Bertz CT molecular complexity index is 422. The molecule has 3 N–H and O–H groups in total. The molecule has 0 atom stereocenters. The first-order valence-electron chi connectivity index (χ1n) is 6.95. The van der Waals surface area contributed by atoms with E-state index in [9.17, 15) is 4.79 Å². The van der Waals surface area contributed by atoms with E-state index in [2.05, 4.69) is 15.4 Å². The number of carbonyl (C=O) groups is 1. The Hall–Kier alpha value is -1.43. The third-order valence-electron chi connectivity index (χ3n) is 3.97. The molecule has 0 spiro atoms. The molecular weight excluding hydrogens is 242 g/mol. The van der Waals surface area contributed by atoms with Gasteiger partial charge in [-0.15, -0.1) is 0 Å². The van der Waals surface area contributed by atoms with Crippen molar-refractivity contribution < 1.29 is 4.79 Å². The van der Waals surface area contributed by atoms with Gasteiger partial charge in [-0.1, -0.05) is 19.3 Å². The fourth-order valence-electron chi connectivity index (χ4n) is 2.80. The summed E-state index contributed by atoms with van der Waals surface area (Å²) in [6.45, 7) is 0.989. The van der Waals surface area contributed by atoms with Gasteiger partial charge in [-0.05, 0) is 24.8 Å². The van der Waals surface area contributed by atoms with Crippen LogP contribution in [0.4, 0.5) is 0 Å². The van der Waals surface area contributed by atoms with E-state index in [0.29, 0.717) is 25.3 Å². The summed E-state index contributed by atoms with van der Waals surface area (Å²) in [4.78, 5) is 16.1. The smallest absolute Gasteiger partial charge is 0.220 e. The van der Waals surface area contributed by atoms with Crippen molar-refractivity contribution in [3.8, 4) is 0 Å². The van der Waals surface area contributed by atoms with Gasteiger partial charge in [0.15, 0.2) is 5.82 Å². The van der Waals surface area contributed by atoms with E-state index in [1.54, 1.807) is 11.0 Å². The van der Waals surface area contributed by atoms with Gasteiger partial charge >= 0.3 is 0 Å². The molecule has 1 aromatic rings. The number of hydrogen-bond donors (Lipinski definition) is 2. The summed E-state index contributed by atoms with van der Waals surface area (Å²) in [6.07, 6.45) is 7.93. The van der Waals surface area contributed by atoms with Crippen molar-refractivity contribution >= 4 is 5.91 Å². The zero-order valence-corrected chi connectivity index (χ0v) is 11.6. The SMILES string of the molecule is Cn1cnc(CNC(=O)CC2(CN)CCCCC2)n1. The van der Waals surface area contributed by atoms with Crippen molar-refractivity contribution in [2.45, 2.75) is 45.1 Å². The van der Waals surface area contributed by atoms with Gasteiger partial charge in [0.1, 0.15) is 6.33 Å². The maximum Gasteiger partial charge on any atom is 0.220 e. The topological polar surface area (TPSA) is 85.8 Å². The van der Waals surface area contributed by atoms with Gasteiger partial charge in [-0.25, -0.2) is 4.98 Å². The van der Waals surface area contributed by atoms with Crippen LogP contribution in [0.1, 0.15) is 44.3 Å². The lowest BCUT2D eigenvalue weighted by molar-refractivity contribution is -0.124. The van der Waals surface area contributed by atoms with Crippen LogP contribution in [-0.2, 0) is 18.4 Å². The van der Waals surface area contributed by atoms with Crippen LogP contribution >= 0.6 is 0 Å². The largest absolute Gasteiger partial charge is 0.349 e. The van der Waals surface area contributed by atoms with Crippen molar-refractivity contribution in [1.29, 1.82) is 0 Å². The monoisotopic (exact) mass is 265 g/mol. The molecule has 0 radical (unpaired) electrons. The number of nitrogens with zero attached hydrogens (tertiary/aromatic N) is 3. The molecule has 0 aromatic carbocycles. The standard InChI is InChI=1S/C13H23N5O/c1-18-10-16-11(17-18)8-15-12(19)7-13(9-14)5-3-2-4-6-13/h10H,2-9,14H2,1H3,(H,15,19). The highest BCUT2D eigenvalue weighted by atomic mass is 16.1. The zero-order chi connectivity index (χ0) is 13.7. The lowest BCUT2D eigenvalue weighted by atomic mass is 9.71. The van der Waals surface area contributed by atoms with E-state index in [1.807, 2.05) is 7.05 Å². The van der Waals surface area contributed by atoms with Crippen LogP contribution in [0.3, 0.4) is 0 Å². The van der Waals surface area contributed by atoms with Crippen molar-refractivity contribution in [3.63, 3.8) is 0 Å². The number of nitrogens with one attached hydrogen (secondary N) is 1. The first-order valence-corrected chi connectivity index (χ1v) is 6.95. The summed E-state index contributed by atoms with van der Waals surface area (Å²) in [6, 6.07) is 0. The highest BCUT2D eigenvalue weighted by Crippen LogP contribution is 2.38. The zero-order valence-electron chi connectivity index (χ0n) is 11.6. The Kier molecular flexibility index (Phi) is 4.52. The first kappa shape index (κ1) is 14.0. The van der Waals surface area contributed by atoms with Crippen molar-refractivity contribution in [1.82, 2.24) is 20.1 Å². The Morgan fingerprint density at radius 2 is 2.21 bits per heavy atom. The Labute approximate surface area is 113 Å². The molecule has 0 bridgehead atoms. The number of hydrogen-bond acceptors (Lipinski definition) is 4. The maximum absolute atomic E-state index is 12.0. The van der Waals surface area contributed by atoms with Crippen LogP contribution in [-0.4, -0.2) is 27.2 Å². The third kappa shape index (κ3) is 3.76. The predicted molar refractivity (Wildman–Crippen MR) is 72.0 cm³/mol. The highest BCUT2D eigenvalue weighted by molar-refractivity contribution is 5.76. The number of nitrogens with two attached hydrogens (primary N) is 1. The van der Waals surface area contributed by atoms with Gasteiger partial charge in [0.05, 0.1) is 6.54 Å². The van der Waals surface area contributed by atoms with Crippen molar-refractivity contribution in [2.75, 3.05) is 6.54 Å². The Morgan fingerprint density at radius 3 is 2.79 bits per heavy atom. The van der Waals surface area contributed by atoms with Gasteiger partial charge in [0, 0.05) is 13.5 Å². The minimum Gasteiger partial charge on any atom is -0.349 e. The maximum atomic E-state index is 12.0. The highest BCUT2D eigenvalue weighted by Gasteiger charge is 2.32. The second-order valence-electron chi connectivity index (χ2n) is 5.55. The molecule has 6 nitrogen and oxygen atoms in total. The molecule has 19 heavy (non-hydrogen) atoms. The molecule has 1 aliphatic rings. The van der Waals surface area contributed by atoms with Crippen molar-refractivity contribution in [2.24, 2.45) is 18.2 Å². The van der Waals surface area contributed by atoms with E-state index in [0.717, 1.165) is 12.8 Å². The van der Waals surface area contributed by atoms with E-state index in [-0.39, 0.29) is 11.3 Å². The molecule has 0 unspecified atom stereocenters. The molecule has 106 valence electrons. The van der Waals surface area contributed by atoms with E-state index >= 15 is 0 Å². The minimum atomic E-state index is 0.0138. The minimum absolute atomic E-state index is 0.0138. The Morgan fingerprint density at radius 1 is 1.47 bits per heavy atom. The fraction of sp³-hybridized carbons (Fsp3) is 0.769. The molecule has 0 aliphatic heterocycles. The van der Waals surface area contributed by atoms with Crippen LogP contribution in [0.2, 0.25) is 0 Å². The lowest BCUT2D eigenvalue weighted by Crippen LogP contribution is -2.38. The molecule has 1 aromatic heterocycles. The normalized spacial score (nSPS) is 18.2. The van der Waals surface area contributed by atoms with Gasteiger partial charge in [0.25, 0.3) is 0 Å². The number of rotatable bonds is 5. The molecule has 1 heterocycles. The van der Waals surface area contributed by atoms with Crippen LogP contribution < -0.4 is 11.1 Å². The molecule has 6 heteroatoms. The van der Waals surface area contributed by atoms with Crippen molar-refractivity contribution in [3.05, 3.63) is 12.2 Å². The Balaban J connectivity index is 1.82. The molecule has 1 fully saturated rings. The van der Waals surface area contributed by atoms with Gasteiger partial charge < -0.3 is 11.1 Å². The fourth-order valence-corrected chi connectivity index (χ4v) is 2.80. The molecule has 0 saturated heterocycles. The molecule has 1 amide bonds. The van der Waals surface area contributed by atoms with Crippen LogP contribution in [0.15, 0.2) is 6.33 Å². The summed E-state index contributed by atoms with van der Waals surface area (Å²) in [5, 5.41) is 7.02. The molecule has 1 aliphatic carbocycles. The summed E-state index contributed by atoms with van der Waals surface area (Å²) in [7, 11) is 1.81. The molecule has 1 saturated carbocycles. The van der Waals surface area contributed by atoms with E-state index in [1.165, 1.54) is 19.3 Å². The van der Waals surface area contributed by atoms with Crippen LogP contribution in [0.25, 0.3) is 0 Å². The predicted octanol–water partition coefficient (Wildman–Crippen LogP) is 0.731. The summed E-state index contributed by atoms with van der Waals surface area (Å²) in [5.74, 6) is 0.695. The van der Waals surface area contributed by atoms with Gasteiger partial charge in [0.2, 0.25) is 5.91 Å². The number of aryl methyl sites for hydroxylation is 1. The lowest BCUT2D eigenvalue weighted by Gasteiger charge is -2.35. The number of aromatic nitrogens is 3. The second-order valence-corrected chi connectivity index (χ2v) is 5.55. The van der Waals surface area contributed by atoms with Gasteiger partial charge in [-0.2, -0.15) is 5.10 Å².